The lowest BCUT2D eigenvalue weighted by atomic mass is 10.1. The number of carbonyl (C=O) groups is 2. The quantitative estimate of drug-likeness (QED) is 0.437. The van der Waals surface area contributed by atoms with Crippen molar-refractivity contribution >= 4 is 62.3 Å². The molecule has 0 saturated carbocycles. The third kappa shape index (κ3) is 7.64. The summed E-state index contributed by atoms with van der Waals surface area (Å²) in [5.74, 6) is -0.563. The molecule has 8 nitrogen and oxygen atoms in total. The SMILES string of the molecule is CCNC(=O)[C@H](CC)N(Cc1ccc(Cl)c(Cl)c1)C(=O)CN(c1ccc(OC)c(Cl)c1)S(C)(=O)=O. The first-order valence-electron chi connectivity index (χ1n) is 10.7. The summed E-state index contributed by atoms with van der Waals surface area (Å²) in [7, 11) is -2.45. The number of likely N-dealkylation sites (N-methyl/N-ethyl adjacent to an activating group) is 1. The van der Waals surface area contributed by atoms with Gasteiger partial charge in [0.05, 0.1) is 34.1 Å². The Morgan fingerprint density at radius 1 is 1.03 bits per heavy atom. The molecule has 192 valence electrons. The Morgan fingerprint density at radius 3 is 2.23 bits per heavy atom. The zero-order valence-electron chi connectivity index (χ0n) is 19.8. The van der Waals surface area contributed by atoms with Crippen molar-refractivity contribution < 1.29 is 22.7 Å². The van der Waals surface area contributed by atoms with E-state index in [-0.39, 0.29) is 23.2 Å². The van der Waals surface area contributed by atoms with E-state index in [1.165, 1.54) is 30.2 Å². The fourth-order valence-electron chi connectivity index (χ4n) is 3.47. The number of halogens is 3. The second-order valence-electron chi connectivity index (χ2n) is 7.68. The van der Waals surface area contributed by atoms with Gasteiger partial charge in [0.15, 0.2) is 0 Å². The number of nitrogens with one attached hydrogen (secondary N) is 1. The summed E-state index contributed by atoms with van der Waals surface area (Å²) in [5, 5.41) is 3.57. The van der Waals surface area contributed by atoms with Crippen molar-refractivity contribution in [2.75, 3.05) is 30.8 Å². The van der Waals surface area contributed by atoms with Gasteiger partial charge in [-0.05, 0) is 49.2 Å². The molecule has 2 amide bonds. The first kappa shape index (κ1) is 29.0. The van der Waals surface area contributed by atoms with E-state index in [1.54, 1.807) is 32.0 Å². The molecule has 0 fully saturated rings. The lowest BCUT2D eigenvalue weighted by Crippen LogP contribution is -2.52. The van der Waals surface area contributed by atoms with Crippen molar-refractivity contribution in [3.05, 3.63) is 57.0 Å². The summed E-state index contributed by atoms with van der Waals surface area (Å²) in [6.07, 6.45) is 1.30. The van der Waals surface area contributed by atoms with Crippen LogP contribution in [0.5, 0.6) is 5.75 Å². The van der Waals surface area contributed by atoms with Crippen molar-refractivity contribution in [3.8, 4) is 5.75 Å². The highest BCUT2D eigenvalue weighted by Crippen LogP contribution is 2.30. The molecular formula is C23H28Cl3N3O5S. The van der Waals surface area contributed by atoms with Gasteiger partial charge in [0, 0.05) is 13.1 Å². The van der Waals surface area contributed by atoms with Crippen molar-refractivity contribution in [2.45, 2.75) is 32.9 Å². The van der Waals surface area contributed by atoms with E-state index in [9.17, 15) is 18.0 Å². The minimum atomic E-state index is -3.88. The smallest absolute Gasteiger partial charge is 0.244 e. The number of sulfonamides is 1. The van der Waals surface area contributed by atoms with Gasteiger partial charge in [0.1, 0.15) is 18.3 Å². The van der Waals surface area contributed by atoms with E-state index in [4.69, 9.17) is 39.5 Å². The number of amides is 2. The lowest BCUT2D eigenvalue weighted by Gasteiger charge is -2.33. The van der Waals surface area contributed by atoms with Crippen LogP contribution in [0.25, 0.3) is 0 Å². The Labute approximate surface area is 221 Å². The van der Waals surface area contributed by atoms with Crippen LogP contribution in [-0.2, 0) is 26.2 Å². The van der Waals surface area contributed by atoms with Gasteiger partial charge < -0.3 is 15.0 Å². The molecule has 1 N–H and O–H groups in total. The number of hydrogen-bond donors (Lipinski definition) is 1. The number of benzene rings is 2. The van der Waals surface area contributed by atoms with Gasteiger partial charge in [-0.1, -0.05) is 47.8 Å². The molecule has 2 aromatic carbocycles. The standard InChI is InChI=1S/C23H28Cl3N3O5S/c1-5-20(23(31)27-6-2)28(13-15-7-9-17(24)18(25)11-15)22(30)14-29(35(4,32)33)16-8-10-21(34-3)19(26)12-16/h7-12,20H,5-6,13-14H2,1-4H3,(H,27,31)/t20-/m0/s1. The molecular weight excluding hydrogens is 537 g/mol. The monoisotopic (exact) mass is 563 g/mol. The van der Waals surface area contributed by atoms with Crippen LogP contribution in [0.15, 0.2) is 36.4 Å². The Balaban J connectivity index is 2.47. The molecule has 0 heterocycles. The number of rotatable bonds is 11. The summed E-state index contributed by atoms with van der Waals surface area (Å²) in [5.41, 5.74) is 0.820. The second kappa shape index (κ2) is 12.7. The van der Waals surface area contributed by atoms with Crippen LogP contribution < -0.4 is 14.4 Å². The predicted octanol–water partition coefficient (Wildman–Crippen LogP) is 4.36. The molecule has 12 heteroatoms. The summed E-state index contributed by atoms with van der Waals surface area (Å²) in [6.45, 7) is 3.40. The third-order valence-corrected chi connectivity index (χ3v) is 7.35. The molecule has 0 radical (unpaired) electrons. The lowest BCUT2D eigenvalue weighted by molar-refractivity contribution is -0.140. The number of ether oxygens (including phenoxy) is 1. The van der Waals surface area contributed by atoms with Gasteiger partial charge in [-0.15, -0.1) is 0 Å². The predicted molar refractivity (Wildman–Crippen MR) is 140 cm³/mol. The molecule has 2 rings (SSSR count). The molecule has 1 atom stereocenters. The Hall–Kier alpha value is -2.20. The number of anilines is 1. The molecule has 35 heavy (non-hydrogen) atoms. The van der Waals surface area contributed by atoms with Crippen molar-refractivity contribution in [2.24, 2.45) is 0 Å². The average Bonchev–Trinajstić information content (AvgIpc) is 2.78. The molecule has 0 saturated heterocycles. The maximum absolute atomic E-state index is 13.6. The largest absolute Gasteiger partial charge is 0.495 e. The van der Waals surface area contributed by atoms with Gasteiger partial charge >= 0.3 is 0 Å². The van der Waals surface area contributed by atoms with Crippen LogP contribution in [0, 0.1) is 0 Å². The minimum Gasteiger partial charge on any atom is -0.495 e. The van der Waals surface area contributed by atoms with Crippen molar-refractivity contribution in [1.82, 2.24) is 10.2 Å². The highest BCUT2D eigenvalue weighted by Gasteiger charge is 2.31. The van der Waals surface area contributed by atoms with E-state index in [0.29, 0.717) is 34.3 Å². The van der Waals surface area contributed by atoms with Crippen LogP contribution >= 0.6 is 34.8 Å². The maximum atomic E-state index is 13.6. The topological polar surface area (TPSA) is 96.0 Å². The molecule has 0 aliphatic heterocycles. The number of nitrogens with zero attached hydrogens (tertiary/aromatic N) is 2. The zero-order chi connectivity index (χ0) is 26.3. The third-order valence-electron chi connectivity index (χ3n) is 5.18. The summed E-state index contributed by atoms with van der Waals surface area (Å²) in [6, 6.07) is 8.46. The van der Waals surface area contributed by atoms with Crippen LogP contribution in [-0.4, -0.2) is 57.6 Å². The number of carbonyl (C=O) groups excluding carboxylic acids is 2. The molecule has 0 aromatic heterocycles. The van der Waals surface area contributed by atoms with Crippen LogP contribution in [0.2, 0.25) is 15.1 Å². The Kier molecular flexibility index (Phi) is 10.5. The van der Waals surface area contributed by atoms with Crippen LogP contribution in [0.1, 0.15) is 25.8 Å². The first-order chi connectivity index (χ1) is 16.4. The normalized spacial score (nSPS) is 12.1. The Bertz CT molecular complexity index is 1180. The molecule has 0 aliphatic rings. The Morgan fingerprint density at radius 2 is 1.71 bits per heavy atom. The van der Waals surface area contributed by atoms with E-state index >= 15 is 0 Å². The van der Waals surface area contributed by atoms with Crippen molar-refractivity contribution in [1.29, 1.82) is 0 Å². The maximum Gasteiger partial charge on any atom is 0.244 e. The van der Waals surface area contributed by atoms with Gasteiger partial charge in [-0.25, -0.2) is 8.42 Å². The van der Waals surface area contributed by atoms with Crippen LogP contribution in [0.3, 0.4) is 0 Å². The van der Waals surface area contributed by atoms with Gasteiger partial charge in [-0.2, -0.15) is 0 Å². The number of hydrogen-bond acceptors (Lipinski definition) is 5. The highest BCUT2D eigenvalue weighted by molar-refractivity contribution is 7.92. The molecule has 2 aromatic rings. The first-order valence-corrected chi connectivity index (χ1v) is 13.7. The molecule has 0 spiro atoms. The van der Waals surface area contributed by atoms with E-state index in [1.807, 2.05) is 0 Å². The van der Waals surface area contributed by atoms with Gasteiger partial charge in [-0.3, -0.25) is 13.9 Å². The zero-order valence-corrected chi connectivity index (χ0v) is 22.9. The average molecular weight is 565 g/mol. The second-order valence-corrected chi connectivity index (χ2v) is 10.8. The molecule has 0 aliphatic carbocycles. The van der Waals surface area contributed by atoms with E-state index < -0.39 is 28.5 Å². The van der Waals surface area contributed by atoms with Crippen LogP contribution in [0.4, 0.5) is 5.69 Å². The van der Waals surface area contributed by atoms with E-state index in [2.05, 4.69) is 5.32 Å². The summed E-state index contributed by atoms with van der Waals surface area (Å²) >= 11 is 18.3. The number of methoxy groups -OCH3 is 1. The van der Waals surface area contributed by atoms with Gasteiger partial charge in [0.25, 0.3) is 0 Å². The fraction of sp³-hybridized carbons (Fsp3) is 0.391. The van der Waals surface area contributed by atoms with Crippen molar-refractivity contribution in [3.63, 3.8) is 0 Å². The summed E-state index contributed by atoms with van der Waals surface area (Å²) < 4.78 is 31.3. The highest BCUT2D eigenvalue weighted by atomic mass is 35.5. The molecule has 0 unspecified atom stereocenters. The minimum absolute atomic E-state index is 0.0202. The van der Waals surface area contributed by atoms with Gasteiger partial charge in [0.2, 0.25) is 21.8 Å². The fourth-order valence-corrected chi connectivity index (χ4v) is 4.88. The van der Waals surface area contributed by atoms with E-state index in [0.717, 1.165) is 10.6 Å². The molecule has 0 bridgehead atoms. The summed E-state index contributed by atoms with van der Waals surface area (Å²) in [4.78, 5) is 27.7.